The molecule has 4 nitrogen and oxygen atoms in total. The SMILES string of the molecule is CC(CC(=O)O)S(=O)(=O)CCSc1ccccc1. The van der Waals surface area contributed by atoms with Gasteiger partial charge in [0.05, 0.1) is 17.4 Å². The Kier molecular flexibility index (Phi) is 5.68. The van der Waals surface area contributed by atoms with Crippen LogP contribution in [0.25, 0.3) is 0 Å². The average Bonchev–Trinajstić information content (AvgIpc) is 2.29. The molecule has 0 aliphatic carbocycles. The second-order valence-corrected chi connectivity index (χ2v) is 7.64. The lowest BCUT2D eigenvalue weighted by molar-refractivity contribution is -0.136. The highest BCUT2D eigenvalue weighted by atomic mass is 32.2. The lowest BCUT2D eigenvalue weighted by atomic mass is 10.3. The van der Waals surface area contributed by atoms with Crippen LogP contribution in [0.4, 0.5) is 0 Å². The standard InChI is InChI=1S/C12H16O4S2/c1-10(9-12(13)14)18(15,16)8-7-17-11-5-3-2-4-6-11/h2-6,10H,7-9H2,1H3,(H,13,14). The fraction of sp³-hybridized carbons (Fsp3) is 0.417. The predicted octanol–water partition coefficient (Wildman–Crippen LogP) is 2.06. The van der Waals surface area contributed by atoms with E-state index in [2.05, 4.69) is 0 Å². The van der Waals surface area contributed by atoms with Crippen molar-refractivity contribution in [1.29, 1.82) is 0 Å². The van der Waals surface area contributed by atoms with Crippen LogP contribution in [0.15, 0.2) is 35.2 Å². The smallest absolute Gasteiger partial charge is 0.304 e. The van der Waals surface area contributed by atoms with Gasteiger partial charge in [-0.25, -0.2) is 8.42 Å². The van der Waals surface area contributed by atoms with Crippen molar-refractivity contribution >= 4 is 27.6 Å². The quantitative estimate of drug-likeness (QED) is 0.778. The normalized spacial score (nSPS) is 13.2. The van der Waals surface area contributed by atoms with Gasteiger partial charge in [0.15, 0.2) is 9.84 Å². The van der Waals surface area contributed by atoms with E-state index in [-0.39, 0.29) is 12.2 Å². The van der Waals surface area contributed by atoms with Gasteiger partial charge in [-0.3, -0.25) is 4.79 Å². The third-order valence-electron chi connectivity index (χ3n) is 2.45. The van der Waals surface area contributed by atoms with Crippen molar-refractivity contribution in [3.8, 4) is 0 Å². The molecule has 1 aromatic carbocycles. The average molecular weight is 288 g/mol. The number of carbonyl (C=O) groups is 1. The van der Waals surface area contributed by atoms with Crippen LogP contribution in [-0.4, -0.2) is 36.2 Å². The van der Waals surface area contributed by atoms with Gasteiger partial charge < -0.3 is 5.11 Å². The Bertz CT molecular complexity index is 482. The third kappa shape index (κ3) is 5.10. The lowest BCUT2D eigenvalue weighted by Crippen LogP contribution is -2.24. The first-order valence-electron chi connectivity index (χ1n) is 5.53. The second kappa shape index (κ2) is 6.80. The molecule has 1 N–H and O–H groups in total. The highest BCUT2D eigenvalue weighted by Crippen LogP contribution is 2.18. The Morgan fingerprint density at radius 2 is 1.94 bits per heavy atom. The van der Waals surface area contributed by atoms with Crippen LogP contribution in [0.5, 0.6) is 0 Å². The highest BCUT2D eigenvalue weighted by molar-refractivity contribution is 8.00. The van der Waals surface area contributed by atoms with Crippen molar-refractivity contribution in [3.05, 3.63) is 30.3 Å². The molecule has 1 unspecified atom stereocenters. The Morgan fingerprint density at radius 1 is 1.33 bits per heavy atom. The van der Waals surface area contributed by atoms with Crippen molar-refractivity contribution in [2.24, 2.45) is 0 Å². The monoisotopic (exact) mass is 288 g/mol. The van der Waals surface area contributed by atoms with Crippen molar-refractivity contribution in [1.82, 2.24) is 0 Å². The summed E-state index contributed by atoms with van der Waals surface area (Å²) in [6, 6.07) is 9.51. The minimum atomic E-state index is -3.33. The summed E-state index contributed by atoms with van der Waals surface area (Å²) in [5, 5.41) is 7.75. The van der Waals surface area contributed by atoms with Gasteiger partial charge in [0.2, 0.25) is 0 Å². The maximum Gasteiger partial charge on any atom is 0.304 e. The zero-order valence-corrected chi connectivity index (χ0v) is 11.7. The van der Waals surface area contributed by atoms with Crippen LogP contribution in [0, 0.1) is 0 Å². The summed E-state index contributed by atoms with van der Waals surface area (Å²) in [4.78, 5) is 11.5. The molecule has 0 saturated heterocycles. The first-order chi connectivity index (χ1) is 8.42. The van der Waals surface area contributed by atoms with Crippen molar-refractivity contribution in [2.75, 3.05) is 11.5 Å². The number of hydrogen-bond donors (Lipinski definition) is 1. The van der Waals surface area contributed by atoms with E-state index in [9.17, 15) is 13.2 Å². The summed E-state index contributed by atoms with van der Waals surface area (Å²) in [6.45, 7) is 1.44. The molecule has 0 aliphatic heterocycles. The first-order valence-corrected chi connectivity index (χ1v) is 8.23. The summed E-state index contributed by atoms with van der Waals surface area (Å²) < 4.78 is 23.6. The van der Waals surface area contributed by atoms with E-state index in [4.69, 9.17) is 5.11 Å². The first kappa shape index (κ1) is 15.0. The molecule has 1 atom stereocenters. The molecule has 0 radical (unpaired) electrons. The van der Waals surface area contributed by atoms with Crippen LogP contribution < -0.4 is 0 Å². The van der Waals surface area contributed by atoms with Gasteiger partial charge in [0, 0.05) is 10.6 Å². The van der Waals surface area contributed by atoms with Crippen molar-refractivity contribution < 1.29 is 18.3 Å². The van der Waals surface area contributed by atoms with Gasteiger partial charge in [0.1, 0.15) is 0 Å². The summed E-state index contributed by atoms with van der Waals surface area (Å²) >= 11 is 1.46. The molecule has 0 spiro atoms. The number of benzene rings is 1. The number of sulfone groups is 1. The Morgan fingerprint density at radius 3 is 2.50 bits per heavy atom. The van der Waals surface area contributed by atoms with Gasteiger partial charge in [-0.1, -0.05) is 18.2 Å². The number of carboxylic acid groups (broad SMARTS) is 1. The molecule has 6 heteroatoms. The zero-order valence-electron chi connectivity index (χ0n) is 10.1. The molecule has 0 saturated carbocycles. The maximum atomic E-state index is 11.8. The molecule has 0 bridgehead atoms. The van der Waals surface area contributed by atoms with E-state index < -0.39 is 21.1 Å². The van der Waals surface area contributed by atoms with E-state index in [1.807, 2.05) is 30.3 Å². The predicted molar refractivity (Wildman–Crippen MR) is 72.7 cm³/mol. The maximum absolute atomic E-state index is 11.8. The molecule has 18 heavy (non-hydrogen) atoms. The molecule has 0 heterocycles. The number of thioether (sulfide) groups is 1. The Hall–Kier alpha value is -1.01. The number of carboxylic acids is 1. The van der Waals surface area contributed by atoms with Crippen LogP contribution in [0.2, 0.25) is 0 Å². The van der Waals surface area contributed by atoms with Crippen LogP contribution in [0.1, 0.15) is 13.3 Å². The molecular weight excluding hydrogens is 272 g/mol. The van der Waals surface area contributed by atoms with Crippen LogP contribution in [0.3, 0.4) is 0 Å². The van der Waals surface area contributed by atoms with E-state index in [0.717, 1.165) is 4.90 Å². The zero-order chi connectivity index (χ0) is 13.6. The van der Waals surface area contributed by atoms with E-state index in [0.29, 0.717) is 5.75 Å². The number of rotatable bonds is 7. The summed E-state index contributed by atoms with van der Waals surface area (Å²) in [7, 11) is -3.33. The molecule has 1 aromatic rings. The van der Waals surface area contributed by atoms with Gasteiger partial charge in [-0.15, -0.1) is 11.8 Å². The molecule has 100 valence electrons. The minimum absolute atomic E-state index is 0.001000. The number of hydrogen-bond acceptors (Lipinski definition) is 4. The van der Waals surface area contributed by atoms with E-state index in [1.165, 1.54) is 18.7 Å². The summed E-state index contributed by atoms with van der Waals surface area (Å²) in [5.74, 6) is -0.640. The third-order valence-corrected chi connectivity index (χ3v) is 5.89. The van der Waals surface area contributed by atoms with Gasteiger partial charge in [-0.05, 0) is 19.1 Å². The lowest BCUT2D eigenvalue weighted by Gasteiger charge is -2.10. The topological polar surface area (TPSA) is 71.4 Å². The molecule has 0 aliphatic rings. The molecule has 0 aromatic heterocycles. The fourth-order valence-electron chi connectivity index (χ4n) is 1.37. The number of aliphatic carboxylic acids is 1. The molecular formula is C12H16O4S2. The minimum Gasteiger partial charge on any atom is -0.481 e. The molecule has 0 amide bonds. The highest BCUT2D eigenvalue weighted by Gasteiger charge is 2.22. The van der Waals surface area contributed by atoms with Gasteiger partial charge in [-0.2, -0.15) is 0 Å². The Balaban J connectivity index is 2.45. The summed E-state index contributed by atoms with van der Waals surface area (Å²) in [5.41, 5.74) is 0. The molecule has 1 rings (SSSR count). The fourth-order valence-corrected chi connectivity index (χ4v) is 4.01. The van der Waals surface area contributed by atoms with Crippen LogP contribution >= 0.6 is 11.8 Å². The van der Waals surface area contributed by atoms with Crippen molar-refractivity contribution in [2.45, 2.75) is 23.5 Å². The largest absolute Gasteiger partial charge is 0.481 e. The van der Waals surface area contributed by atoms with Gasteiger partial charge >= 0.3 is 5.97 Å². The van der Waals surface area contributed by atoms with Crippen LogP contribution in [-0.2, 0) is 14.6 Å². The summed E-state index contributed by atoms with van der Waals surface area (Å²) in [6.07, 6.45) is -0.335. The second-order valence-electron chi connectivity index (χ2n) is 3.94. The molecule has 0 fully saturated rings. The van der Waals surface area contributed by atoms with Gasteiger partial charge in [0.25, 0.3) is 0 Å². The van der Waals surface area contributed by atoms with E-state index >= 15 is 0 Å². The van der Waals surface area contributed by atoms with Crippen molar-refractivity contribution in [3.63, 3.8) is 0 Å². The Labute approximate surface area is 111 Å². The van der Waals surface area contributed by atoms with E-state index in [1.54, 1.807) is 0 Å².